The molecule has 0 heterocycles. The maximum Gasteiger partial charge on any atom is 0.315 e. The minimum atomic E-state index is -0.572. The van der Waals surface area contributed by atoms with Gasteiger partial charge in [-0.2, -0.15) is 0 Å². The Labute approximate surface area is 93.7 Å². The normalized spacial score (nSPS) is 9.50. The van der Waals surface area contributed by atoms with Crippen LogP contribution in [0.5, 0.6) is 0 Å². The second-order valence-corrected chi connectivity index (χ2v) is 3.32. The molecule has 0 aliphatic carbocycles. The summed E-state index contributed by atoms with van der Waals surface area (Å²) in [7, 11) is 0. The molecule has 84 valence electrons. The number of hydrogen-bond acceptors (Lipinski definition) is 3. The number of carbonyl (C=O) groups is 2. The summed E-state index contributed by atoms with van der Waals surface area (Å²) >= 11 is 0. The minimum absolute atomic E-state index is 0.0773. The Kier molecular flexibility index (Phi) is 4.27. The van der Waals surface area contributed by atoms with E-state index in [1.165, 1.54) is 0 Å². The molecule has 0 saturated heterocycles. The molecule has 4 nitrogen and oxygen atoms in total. The Hall–Kier alpha value is -2.10. The van der Waals surface area contributed by atoms with Gasteiger partial charge in [0.05, 0.1) is 12.8 Å². The molecule has 0 aliphatic rings. The zero-order valence-corrected chi connectivity index (χ0v) is 8.81. The van der Waals surface area contributed by atoms with Gasteiger partial charge in [-0.15, -0.1) is 0 Å². The Morgan fingerprint density at radius 1 is 1.25 bits per heavy atom. The molecule has 0 aliphatic heterocycles. The molecule has 4 heteroatoms. The summed E-state index contributed by atoms with van der Waals surface area (Å²) in [4.78, 5) is 21.9. The van der Waals surface area contributed by atoms with Crippen molar-refractivity contribution in [2.45, 2.75) is 12.8 Å². The van der Waals surface area contributed by atoms with Gasteiger partial charge < -0.3 is 10.5 Å². The van der Waals surface area contributed by atoms with Crippen molar-refractivity contribution < 1.29 is 14.3 Å². The van der Waals surface area contributed by atoms with E-state index in [0.717, 1.165) is 5.56 Å². The summed E-state index contributed by atoms with van der Waals surface area (Å²) in [6.07, 6.45) is 0.0130. The van der Waals surface area contributed by atoms with E-state index in [2.05, 4.69) is 6.58 Å². The summed E-state index contributed by atoms with van der Waals surface area (Å²) in [5.41, 5.74) is 5.78. The average Bonchev–Trinajstić information content (AvgIpc) is 2.17. The van der Waals surface area contributed by atoms with E-state index in [1.54, 1.807) is 0 Å². The highest BCUT2D eigenvalue weighted by Crippen LogP contribution is 2.05. The van der Waals surface area contributed by atoms with Gasteiger partial charge in [-0.1, -0.05) is 36.9 Å². The van der Waals surface area contributed by atoms with Gasteiger partial charge >= 0.3 is 5.97 Å². The summed E-state index contributed by atoms with van der Waals surface area (Å²) in [5.74, 6) is -0.941. The van der Waals surface area contributed by atoms with Gasteiger partial charge in [-0.3, -0.25) is 9.59 Å². The van der Waals surface area contributed by atoms with E-state index in [1.807, 2.05) is 30.3 Å². The molecule has 0 bridgehead atoms. The molecule has 1 amide bonds. The molecule has 0 radical (unpaired) electrons. The molecule has 1 aromatic rings. The third-order valence-corrected chi connectivity index (χ3v) is 1.82. The zero-order chi connectivity index (χ0) is 12.0. The molecule has 1 rings (SSSR count). The highest BCUT2D eigenvalue weighted by atomic mass is 16.5. The summed E-state index contributed by atoms with van der Waals surface area (Å²) < 4.78 is 4.83. The Morgan fingerprint density at radius 3 is 2.44 bits per heavy atom. The lowest BCUT2D eigenvalue weighted by molar-refractivity contribution is -0.139. The number of benzene rings is 1. The van der Waals surface area contributed by atoms with Crippen molar-refractivity contribution in [1.29, 1.82) is 0 Å². The van der Waals surface area contributed by atoms with E-state index < -0.39 is 11.9 Å². The average molecular weight is 219 g/mol. The molecule has 0 saturated carbocycles. The van der Waals surface area contributed by atoms with Crippen LogP contribution in [0.3, 0.4) is 0 Å². The van der Waals surface area contributed by atoms with E-state index in [4.69, 9.17) is 10.5 Å². The quantitative estimate of drug-likeness (QED) is 0.596. The molecular formula is C12H13NO3. The van der Waals surface area contributed by atoms with Gasteiger partial charge in [0, 0.05) is 0 Å². The molecular weight excluding hydrogens is 206 g/mol. The second-order valence-electron chi connectivity index (χ2n) is 3.32. The zero-order valence-electron chi connectivity index (χ0n) is 8.81. The lowest BCUT2D eigenvalue weighted by atomic mass is 10.2. The molecule has 2 N–H and O–H groups in total. The van der Waals surface area contributed by atoms with Crippen LogP contribution in [0, 0.1) is 0 Å². The van der Waals surface area contributed by atoms with Gasteiger partial charge in [-0.05, 0) is 5.56 Å². The number of ether oxygens (including phenoxy) is 1. The van der Waals surface area contributed by atoms with Crippen LogP contribution >= 0.6 is 0 Å². The van der Waals surface area contributed by atoms with Crippen LogP contribution in [-0.4, -0.2) is 11.9 Å². The van der Waals surface area contributed by atoms with Crippen LogP contribution in [0.25, 0.3) is 0 Å². The van der Waals surface area contributed by atoms with E-state index in [0.29, 0.717) is 0 Å². The number of carbonyl (C=O) groups excluding carboxylic acids is 2. The van der Waals surface area contributed by atoms with Crippen LogP contribution in [0.4, 0.5) is 0 Å². The van der Waals surface area contributed by atoms with Gasteiger partial charge in [0.15, 0.2) is 0 Å². The highest BCUT2D eigenvalue weighted by molar-refractivity contribution is 5.78. The maximum absolute atomic E-state index is 11.4. The Morgan fingerprint density at radius 2 is 1.88 bits per heavy atom. The number of rotatable bonds is 5. The monoisotopic (exact) mass is 219 g/mol. The molecule has 0 aromatic heterocycles. The third-order valence-electron chi connectivity index (χ3n) is 1.82. The fourth-order valence-electron chi connectivity index (χ4n) is 1.19. The van der Waals surface area contributed by atoms with E-state index >= 15 is 0 Å². The van der Waals surface area contributed by atoms with Crippen molar-refractivity contribution in [2.75, 3.05) is 0 Å². The maximum atomic E-state index is 11.4. The minimum Gasteiger partial charge on any atom is -0.431 e. The van der Waals surface area contributed by atoms with E-state index in [9.17, 15) is 9.59 Å². The van der Waals surface area contributed by atoms with Crippen molar-refractivity contribution in [1.82, 2.24) is 0 Å². The fraction of sp³-hybridized carbons (Fsp3) is 0.167. The van der Waals surface area contributed by atoms with Crippen LogP contribution < -0.4 is 5.73 Å². The largest absolute Gasteiger partial charge is 0.431 e. The van der Waals surface area contributed by atoms with Crippen LogP contribution in [0.1, 0.15) is 12.0 Å². The van der Waals surface area contributed by atoms with Gasteiger partial charge in [0.1, 0.15) is 5.76 Å². The van der Waals surface area contributed by atoms with Crippen molar-refractivity contribution >= 4 is 11.9 Å². The summed E-state index contributed by atoms with van der Waals surface area (Å²) in [6.45, 7) is 3.43. The number of hydrogen-bond donors (Lipinski definition) is 1. The first kappa shape index (κ1) is 12.0. The second kappa shape index (κ2) is 5.70. The molecule has 0 unspecified atom stereocenters. The summed E-state index contributed by atoms with van der Waals surface area (Å²) in [5, 5.41) is 0. The smallest absolute Gasteiger partial charge is 0.315 e. The lowest BCUT2D eigenvalue weighted by Crippen LogP contribution is -2.14. The number of primary amides is 1. The van der Waals surface area contributed by atoms with Gasteiger partial charge in [-0.25, -0.2) is 0 Å². The SMILES string of the molecule is C=C(CC(N)=O)OC(=O)Cc1ccccc1. The standard InChI is InChI=1S/C12H13NO3/c1-9(7-11(13)14)16-12(15)8-10-5-3-2-4-6-10/h2-6H,1,7-8H2,(H2,13,14). The fourth-order valence-corrected chi connectivity index (χ4v) is 1.19. The topological polar surface area (TPSA) is 69.4 Å². The third kappa shape index (κ3) is 4.41. The predicted octanol–water partition coefficient (Wildman–Crippen LogP) is 1.16. The lowest BCUT2D eigenvalue weighted by Gasteiger charge is -2.05. The number of nitrogens with two attached hydrogens (primary N) is 1. The highest BCUT2D eigenvalue weighted by Gasteiger charge is 2.08. The van der Waals surface area contributed by atoms with Crippen molar-refractivity contribution in [3.05, 3.63) is 48.2 Å². The molecule has 0 atom stereocenters. The molecule has 1 aromatic carbocycles. The summed E-state index contributed by atoms with van der Waals surface area (Å²) in [6, 6.07) is 9.17. The molecule has 16 heavy (non-hydrogen) atoms. The predicted molar refractivity (Wildman–Crippen MR) is 59.2 cm³/mol. The van der Waals surface area contributed by atoms with E-state index in [-0.39, 0.29) is 18.6 Å². The number of esters is 1. The first-order chi connectivity index (χ1) is 7.58. The first-order valence-corrected chi connectivity index (χ1v) is 4.78. The first-order valence-electron chi connectivity index (χ1n) is 4.78. The van der Waals surface area contributed by atoms with Gasteiger partial charge in [0.2, 0.25) is 5.91 Å². The van der Waals surface area contributed by atoms with Crippen molar-refractivity contribution in [3.63, 3.8) is 0 Å². The van der Waals surface area contributed by atoms with Crippen molar-refractivity contribution in [2.24, 2.45) is 5.73 Å². The van der Waals surface area contributed by atoms with Crippen LogP contribution in [-0.2, 0) is 20.7 Å². The Balaban J connectivity index is 2.42. The Bertz CT molecular complexity index is 398. The van der Waals surface area contributed by atoms with Crippen molar-refractivity contribution in [3.8, 4) is 0 Å². The number of amides is 1. The van der Waals surface area contributed by atoms with Gasteiger partial charge in [0.25, 0.3) is 0 Å². The van der Waals surface area contributed by atoms with Crippen LogP contribution in [0.15, 0.2) is 42.7 Å². The molecule has 0 fully saturated rings. The molecule has 0 spiro atoms. The van der Waals surface area contributed by atoms with Crippen LogP contribution in [0.2, 0.25) is 0 Å².